The van der Waals surface area contributed by atoms with Crippen LogP contribution in [0.2, 0.25) is 0 Å². The van der Waals surface area contributed by atoms with Crippen LogP contribution in [0.5, 0.6) is 0 Å². The molecule has 0 saturated heterocycles. The lowest BCUT2D eigenvalue weighted by atomic mass is 9.93. The van der Waals surface area contributed by atoms with E-state index in [9.17, 15) is 0 Å². The van der Waals surface area contributed by atoms with Crippen molar-refractivity contribution in [3.63, 3.8) is 0 Å². The number of rotatable bonds is 2. The molecule has 2 aromatic heterocycles. The van der Waals surface area contributed by atoms with E-state index in [1.54, 1.807) is 6.33 Å². The first-order valence-corrected chi connectivity index (χ1v) is 6.63. The molecule has 1 unspecified atom stereocenters. The van der Waals surface area contributed by atoms with Gasteiger partial charge in [-0.3, -0.25) is 0 Å². The normalized spacial score (nSPS) is 28.5. The summed E-state index contributed by atoms with van der Waals surface area (Å²) in [5.41, 5.74) is 12.9. The Morgan fingerprint density at radius 3 is 2.84 bits per heavy atom. The van der Waals surface area contributed by atoms with Crippen LogP contribution in [0.4, 0.5) is 11.8 Å². The van der Waals surface area contributed by atoms with Gasteiger partial charge in [-0.2, -0.15) is 9.97 Å². The van der Waals surface area contributed by atoms with Gasteiger partial charge in [-0.15, -0.1) is 0 Å². The molecule has 3 atom stereocenters. The minimum atomic E-state index is 0.208. The number of fused-ring (bicyclic) bond motifs is 3. The van der Waals surface area contributed by atoms with Crippen LogP contribution < -0.4 is 11.5 Å². The molecule has 2 aromatic rings. The fraction of sp³-hybridized carbons (Fsp3) is 0.462. The third kappa shape index (κ3) is 1.59. The fourth-order valence-corrected chi connectivity index (χ4v) is 3.47. The van der Waals surface area contributed by atoms with E-state index in [0.29, 0.717) is 23.2 Å². The molecule has 0 amide bonds. The van der Waals surface area contributed by atoms with Crippen LogP contribution in [0.15, 0.2) is 18.5 Å². The molecule has 2 aliphatic carbocycles. The molecule has 19 heavy (non-hydrogen) atoms. The number of nitrogen functional groups attached to an aromatic ring is 2. The molecule has 6 heteroatoms. The molecule has 1 saturated carbocycles. The molecule has 0 spiro atoms. The molecule has 6 nitrogen and oxygen atoms in total. The maximum atomic E-state index is 5.82. The second-order valence-corrected chi connectivity index (χ2v) is 5.58. The lowest BCUT2D eigenvalue weighted by Crippen LogP contribution is -2.15. The van der Waals surface area contributed by atoms with Crippen LogP contribution in [0.25, 0.3) is 11.2 Å². The van der Waals surface area contributed by atoms with E-state index in [0.717, 1.165) is 18.1 Å². The van der Waals surface area contributed by atoms with Gasteiger partial charge in [0.05, 0.1) is 6.33 Å². The van der Waals surface area contributed by atoms with Crippen LogP contribution in [-0.4, -0.2) is 19.5 Å². The van der Waals surface area contributed by atoms with Crippen LogP contribution in [-0.2, 0) is 6.54 Å². The zero-order valence-corrected chi connectivity index (χ0v) is 10.5. The number of aromatic nitrogens is 4. The zero-order valence-electron chi connectivity index (χ0n) is 10.5. The minimum Gasteiger partial charge on any atom is -0.382 e. The van der Waals surface area contributed by atoms with Crippen LogP contribution >= 0.6 is 0 Å². The molecule has 1 fully saturated rings. The minimum absolute atomic E-state index is 0.208. The predicted molar refractivity (Wildman–Crippen MR) is 73.0 cm³/mol. The molecule has 4 rings (SSSR count). The highest BCUT2D eigenvalue weighted by Crippen LogP contribution is 2.44. The van der Waals surface area contributed by atoms with Gasteiger partial charge in [-0.25, -0.2) is 4.98 Å². The van der Waals surface area contributed by atoms with Crippen LogP contribution in [0.1, 0.15) is 12.8 Å². The average Bonchev–Trinajstić information content (AvgIpc) is 3.05. The zero-order chi connectivity index (χ0) is 13.0. The van der Waals surface area contributed by atoms with E-state index < -0.39 is 0 Å². The van der Waals surface area contributed by atoms with E-state index in [-0.39, 0.29) is 5.95 Å². The molecular weight excluding hydrogens is 240 g/mol. The monoisotopic (exact) mass is 256 g/mol. The highest BCUT2D eigenvalue weighted by molar-refractivity contribution is 5.82. The number of anilines is 2. The molecule has 0 radical (unpaired) electrons. The molecule has 98 valence electrons. The first-order valence-electron chi connectivity index (χ1n) is 6.63. The summed E-state index contributed by atoms with van der Waals surface area (Å²) in [5.74, 6) is 2.71. The Balaban J connectivity index is 1.70. The Morgan fingerprint density at radius 2 is 2.11 bits per heavy atom. The molecule has 2 aliphatic rings. The summed E-state index contributed by atoms with van der Waals surface area (Å²) in [6.45, 7) is 0.928. The Morgan fingerprint density at radius 1 is 1.21 bits per heavy atom. The summed E-state index contributed by atoms with van der Waals surface area (Å²) in [6.07, 6.45) is 9.07. The number of hydrogen-bond donors (Lipinski definition) is 2. The number of allylic oxidation sites excluding steroid dienone is 2. The number of nitrogens with zero attached hydrogens (tertiary/aromatic N) is 4. The van der Waals surface area contributed by atoms with Crippen LogP contribution in [0.3, 0.4) is 0 Å². The third-order valence-electron chi connectivity index (χ3n) is 4.36. The van der Waals surface area contributed by atoms with Gasteiger partial charge in [0.25, 0.3) is 0 Å². The molecule has 2 bridgehead atoms. The van der Waals surface area contributed by atoms with E-state index in [4.69, 9.17) is 11.5 Å². The van der Waals surface area contributed by atoms with Gasteiger partial charge in [0.15, 0.2) is 11.5 Å². The van der Waals surface area contributed by atoms with Gasteiger partial charge in [0, 0.05) is 6.54 Å². The SMILES string of the molecule is Nc1nc(N)c2ncn(CC3C[C@H]4C=C[C@@H]3C4)c2n1. The lowest BCUT2D eigenvalue weighted by molar-refractivity contribution is 0.388. The molecule has 2 heterocycles. The van der Waals surface area contributed by atoms with Crippen LogP contribution in [0, 0.1) is 17.8 Å². The molecule has 0 aliphatic heterocycles. The Kier molecular flexibility index (Phi) is 2.09. The van der Waals surface area contributed by atoms with Crippen molar-refractivity contribution in [1.29, 1.82) is 0 Å². The van der Waals surface area contributed by atoms with Gasteiger partial charge in [-0.1, -0.05) is 12.2 Å². The van der Waals surface area contributed by atoms with Gasteiger partial charge in [0.1, 0.15) is 5.52 Å². The third-order valence-corrected chi connectivity index (χ3v) is 4.36. The van der Waals surface area contributed by atoms with Crippen molar-refractivity contribution in [3.8, 4) is 0 Å². The summed E-state index contributed by atoms with van der Waals surface area (Å²) < 4.78 is 2.06. The Bertz CT molecular complexity index is 673. The fourth-order valence-electron chi connectivity index (χ4n) is 3.47. The standard InChI is InChI=1S/C13H16N6/c14-11-10-12(18-13(15)17-11)19(6-16-10)5-9-4-7-1-2-8(9)3-7/h1-2,6-9H,3-5H2,(H4,14,15,17,18)/t7-,8+,9?/m0/s1. The highest BCUT2D eigenvalue weighted by Gasteiger charge is 2.35. The van der Waals surface area contributed by atoms with Crippen molar-refractivity contribution in [1.82, 2.24) is 19.5 Å². The summed E-state index contributed by atoms with van der Waals surface area (Å²) in [4.78, 5) is 12.5. The number of imidazole rings is 1. The lowest BCUT2D eigenvalue weighted by Gasteiger charge is -2.18. The molecule has 4 N–H and O–H groups in total. The van der Waals surface area contributed by atoms with Gasteiger partial charge in [-0.05, 0) is 30.6 Å². The van der Waals surface area contributed by atoms with Gasteiger partial charge < -0.3 is 16.0 Å². The van der Waals surface area contributed by atoms with Crippen molar-refractivity contribution in [2.45, 2.75) is 19.4 Å². The second kappa shape index (κ2) is 3.69. The van der Waals surface area contributed by atoms with Crippen molar-refractivity contribution in [3.05, 3.63) is 18.5 Å². The van der Waals surface area contributed by atoms with Crippen molar-refractivity contribution in [2.24, 2.45) is 17.8 Å². The first kappa shape index (κ1) is 10.8. The summed E-state index contributed by atoms with van der Waals surface area (Å²) >= 11 is 0. The first-order chi connectivity index (χ1) is 9.20. The highest BCUT2D eigenvalue weighted by atomic mass is 15.2. The number of nitrogens with two attached hydrogens (primary N) is 2. The topological polar surface area (TPSA) is 95.6 Å². The quantitative estimate of drug-likeness (QED) is 0.787. The van der Waals surface area contributed by atoms with E-state index in [2.05, 4.69) is 31.7 Å². The molecule has 0 aromatic carbocycles. The average molecular weight is 256 g/mol. The Labute approximate surface area is 110 Å². The van der Waals surface area contributed by atoms with Gasteiger partial charge >= 0.3 is 0 Å². The molecular formula is C13H16N6. The maximum absolute atomic E-state index is 5.82. The van der Waals surface area contributed by atoms with E-state index >= 15 is 0 Å². The summed E-state index contributed by atoms with van der Waals surface area (Å²) in [7, 11) is 0. The van der Waals surface area contributed by atoms with Crippen molar-refractivity contribution < 1.29 is 0 Å². The predicted octanol–water partition coefficient (Wildman–Crippen LogP) is 1.20. The van der Waals surface area contributed by atoms with Crippen molar-refractivity contribution >= 4 is 22.9 Å². The van der Waals surface area contributed by atoms with Crippen molar-refractivity contribution in [2.75, 3.05) is 11.5 Å². The largest absolute Gasteiger partial charge is 0.382 e. The van der Waals surface area contributed by atoms with E-state index in [1.165, 1.54) is 12.8 Å². The Hall–Kier alpha value is -2.11. The second-order valence-electron chi connectivity index (χ2n) is 5.58. The summed E-state index contributed by atoms with van der Waals surface area (Å²) in [6, 6.07) is 0. The number of hydrogen-bond acceptors (Lipinski definition) is 5. The smallest absolute Gasteiger partial charge is 0.224 e. The van der Waals surface area contributed by atoms with Gasteiger partial charge in [0.2, 0.25) is 5.95 Å². The van der Waals surface area contributed by atoms with E-state index in [1.807, 2.05) is 0 Å². The maximum Gasteiger partial charge on any atom is 0.224 e. The summed E-state index contributed by atoms with van der Waals surface area (Å²) in [5, 5.41) is 0.